The van der Waals surface area contributed by atoms with E-state index in [1.54, 1.807) is 0 Å². The van der Waals surface area contributed by atoms with Gasteiger partial charge in [-0.25, -0.2) is 0 Å². The molecule has 2 heterocycles. The van der Waals surface area contributed by atoms with Gasteiger partial charge in [-0.1, -0.05) is 0 Å². The Labute approximate surface area is 47.8 Å². The van der Waals surface area contributed by atoms with Crippen LogP contribution < -0.4 is 0 Å². The van der Waals surface area contributed by atoms with E-state index in [2.05, 4.69) is 0 Å². The second-order valence-corrected chi connectivity index (χ2v) is 2.49. The third-order valence-corrected chi connectivity index (χ3v) is 1.90. The summed E-state index contributed by atoms with van der Waals surface area (Å²) in [5.41, 5.74) is 0. The van der Waals surface area contributed by atoms with E-state index in [4.69, 9.17) is 4.74 Å². The first-order valence-electron chi connectivity index (χ1n) is 3.04. The standard InChI is InChI=1S/C6H8O2/c7-5-3-4-1-2-6(5)8-4/h4,6H,1-3H2/t4-,6+/m0/s1. The molecule has 2 aliphatic rings. The summed E-state index contributed by atoms with van der Waals surface area (Å²) in [5.74, 6) is 0.321. The summed E-state index contributed by atoms with van der Waals surface area (Å²) in [6, 6.07) is 0. The molecule has 0 aromatic rings. The topological polar surface area (TPSA) is 26.3 Å². The van der Waals surface area contributed by atoms with Crippen LogP contribution in [0.5, 0.6) is 0 Å². The maximum absolute atomic E-state index is 10.7. The molecule has 0 aromatic carbocycles. The van der Waals surface area contributed by atoms with Crippen molar-refractivity contribution in [1.29, 1.82) is 0 Å². The van der Waals surface area contributed by atoms with E-state index < -0.39 is 0 Å². The molecule has 0 aromatic heterocycles. The van der Waals surface area contributed by atoms with Crippen molar-refractivity contribution < 1.29 is 9.53 Å². The van der Waals surface area contributed by atoms with Crippen molar-refractivity contribution in [3.05, 3.63) is 0 Å². The van der Waals surface area contributed by atoms with Gasteiger partial charge in [0.2, 0.25) is 0 Å². The molecule has 0 saturated carbocycles. The molecule has 8 heavy (non-hydrogen) atoms. The Morgan fingerprint density at radius 1 is 1.50 bits per heavy atom. The number of ketones is 1. The van der Waals surface area contributed by atoms with Crippen LogP contribution in [-0.4, -0.2) is 18.0 Å². The van der Waals surface area contributed by atoms with Crippen LogP contribution in [0.15, 0.2) is 0 Å². The average molecular weight is 112 g/mol. The summed E-state index contributed by atoms with van der Waals surface area (Å²) in [7, 11) is 0. The minimum atomic E-state index is -0.000000000000000222. The monoisotopic (exact) mass is 112 g/mol. The van der Waals surface area contributed by atoms with Gasteiger partial charge in [0.1, 0.15) is 6.10 Å². The first-order chi connectivity index (χ1) is 3.86. The molecule has 2 atom stereocenters. The number of fused-ring (bicyclic) bond motifs is 2. The highest BCUT2D eigenvalue weighted by Gasteiger charge is 2.39. The van der Waals surface area contributed by atoms with Gasteiger partial charge in [-0.2, -0.15) is 0 Å². The minimum Gasteiger partial charge on any atom is -0.367 e. The highest BCUT2D eigenvalue weighted by atomic mass is 16.5. The van der Waals surface area contributed by atoms with Gasteiger partial charge in [-0.3, -0.25) is 4.79 Å². The smallest absolute Gasteiger partial charge is 0.164 e. The Bertz CT molecular complexity index is 130. The summed E-state index contributed by atoms with van der Waals surface area (Å²) >= 11 is 0. The SMILES string of the molecule is O=C1C[C@@H]2CC[C@H]1O2. The zero-order valence-electron chi connectivity index (χ0n) is 4.59. The summed E-state index contributed by atoms with van der Waals surface area (Å²) in [6.07, 6.45) is 3.07. The van der Waals surface area contributed by atoms with Gasteiger partial charge in [0.25, 0.3) is 0 Å². The number of rotatable bonds is 0. The number of carbonyl (C=O) groups is 1. The fraction of sp³-hybridized carbons (Fsp3) is 0.833. The van der Waals surface area contributed by atoms with Crippen molar-refractivity contribution in [3.63, 3.8) is 0 Å². The number of hydrogen-bond acceptors (Lipinski definition) is 2. The van der Waals surface area contributed by atoms with Gasteiger partial charge < -0.3 is 4.74 Å². The normalized spacial score (nSPS) is 43.8. The fourth-order valence-electron chi connectivity index (χ4n) is 1.45. The van der Waals surface area contributed by atoms with Crippen molar-refractivity contribution in [3.8, 4) is 0 Å². The van der Waals surface area contributed by atoms with Crippen molar-refractivity contribution in [1.82, 2.24) is 0 Å². The molecule has 0 spiro atoms. The van der Waals surface area contributed by atoms with E-state index in [1.807, 2.05) is 0 Å². The van der Waals surface area contributed by atoms with Crippen LogP contribution in [0.1, 0.15) is 19.3 Å². The fourth-order valence-corrected chi connectivity index (χ4v) is 1.45. The molecule has 2 bridgehead atoms. The van der Waals surface area contributed by atoms with Crippen LogP contribution in [0, 0.1) is 0 Å². The molecule has 0 radical (unpaired) electrons. The van der Waals surface area contributed by atoms with Crippen LogP contribution in [0.25, 0.3) is 0 Å². The van der Waals surface area contributed by atoms with Gasteiger partial charge in [0, 0.05) is 6.42 Å². The highest BCUT2D eigenvalue weighted by Crippen LogP contribution is 2.30. The van der Waals surface area contributed by atoms with Crippen molar-refractivity contribution in [2.75, 3.05) is 0 Å². The quantitative estimate of drug-likeness (QED) is 0.456. The predicted octanol–water partition coefficient (Wildman–Crippen LogP) is 0.507. The molecule has 0 amide bonds. The van der Waals surface area contributed by atoms with E-state index in [0.29, 0.717) is 18.3 Å². The van der Waals surface area contributed by atoms with Gasteiger partial charge in [-0.15, -0.1) is 0 Å². The predicted molar refractivity (Wildman–Crippen MR) is 27.5 cm³/mol. The summed E-state index contributed by atoms with van der Waals surface area (Å²) in [5, 5.41) is 0. The minimum absolute atomic E-state index is 0.000000000000000222. The van der Waals surface area contributed by atoms with E-state index in [0.717, 1.165) is 12.8 Å². The largest absolute Gasteiger partial charge is 0.367 e. The van der Waals surface area contributed by atoms with E-state index in [1.165, 1.54) is 0 Å². The van der Waals surface area contributed by atoms with Gasteiger partial charge in [0.15, 0.2) is 5.78 Å². The van der Waals surface area contributed by atoms with Crippen LogP contribution in [-0.2, 0) is 9.53 Å². The average Bonchev–Trinajstić information content (AvgIpc) is 2.23. The van der Waals surface area contributed by atoms with Crippen LogP contribution in [0.3, 0.4) is 0 Å². The Kier molecular flexibility index (Phi) is 0.742. The summed E-state index contributed by atoms with van der Waals surface area (Å²) in [6.45, 7) is 0. The zero-order chi connectivity index (χ0) is 5.56. The Hall–Kier alpha value is -0.370. The lowest BCUT2D eigenvalue weighted by atomic mass is 10.00. The van der Waals surface area contributed by atoms with Crippen LogP contribution in [0.4, 0.5) is 0 Å². The first-order valence-corrected chi connectivity index (χ1v) is 3.04. The summed E-state index contributed by atoms with van der Waals surface area (Å²) < 4.78 is 5.23. The molecule has 2 fully saturated rings. The lowest BCUT2D eigenvalue weighted by Crippen LogP contribution is -2.14. The van der Waals surface area contributed by atoms with Crippen LogP contribution in [0.2, 0.25) is 0 Å². The Morgan fingerprint density at radius 2 is 2.38 bits per heavy atom. The van der Waals surface area contributed by atoms with Gasteiger partial charge in [-0.05, 0) is 12.8 Å². The molecule has 0 unspecified atom stereocenters. The zero-order valence-corrected chi connectivity index (χ0v) is 4.59. The molecule has 44 valence electrons. The second kappa shape index (κ2) is 1.32. The number of Topliss-reactive ketones (excluding diaryl/α,β-unsaturated/α-hetero) is 1. The molecule has 0 N–H and O–H groups in total. The highest BCUT2D eigenvalue weighted by molar-refractivity contribution is 5.86. The molecule has 2 rings (SSSR count). The maximum atomic E-state index is 10.7. The molecular weight excluding hydrogens is 104 g/mol. The third-order valence-electron chi connectivity index (χ3n) is 1.90. The molecule has 2 saturated heterocycles. The Balaban J connectivity index is 2.22. The number of hydrogen-bond donors (Lipinski definition) is 0. The first kappa shape index (κ1) is 4.50. The lowest BCUT2D eigenvalue weighted by Gasteiger charge is -1.99. The lowest BCUT2D eigenvalue weighted by molar-refractivity contribution is -0.121. The van der Waals surface area contributed by atoms with Gasteiger partial charge >= 0.3 is 0 Å². The molecular formula is C6H8O2. The van der Waals surface area contributed by atoms with Crippen LogP contribution >= 0.6 is 0 Å². The van der Waals surface area contributed by atoms with E-state index in [9.17, 15) is 4.79 Å². The van der Waals surface area contributed by atoms with Crippen molar-refractivity contribution in [2.45, 2.75) is 31.5 Å². The molecule has 2 heteroatoms. The van der Waals surface area contributed by atoms with Crippen molar-refractivity contribution >= 4 is 5.78 Å². The maximum Gasteiger partial charge on any atom is 0.164 e. The number of ether oxygens (including phenoxy) is 1. The van der Waals surface area contributed by atoms with Gasteiger partial charge in [0.05, 0.1) is 6.10 Å². The molecule has 2 aliphatic heterocycles. The Morgan fingerprint density at radius 3 is 2.62 bits per heavy atom. The molecule has 0 aliphatic carbocycles. The third kappa shape index (κ3) is 0.436. The van der Waals surface area contributed by atoms with Crippen molar-refractivity contribution in [2.24, 2.45) is 0 Å². The second-order valence-electron chi connectivity index (χ2n) is 2.49. The number of carbonyl (C=O) groups excluding carboxylic acids is 1. The van der Waals surface area contributed by atoms with E-state index in [-0.39, 0.29) is 6.10 Å². The molecule has 2 nitrogen and oxygen atoms in total. The van der Waals surface area contributed by atoms with E-state index >= 15 is 0 Å². The summed E-state index contributed by atoms with van der Waals surface area (Å²) in [4.78, 5) is 10.7.